The summed E-state index contributed by atoms with van der Waals surface area (Å²) in [6, 6.07) is 9.14. The van der Waals surface area contributed by atoms with E-state index < -0.39 is 5.54 Å². The molecule has 0 spiro atoms. The summed E-state index contributed by atoms with van der Waals surface area (Å²) in [5.41, 5.74) is 5.73. The third-order valence-electron chi connectivity index (χ3n) is 4.37. The quantitative estimate of drug-likeness (QED) is 0.879. The smallest absolute Gasteiger partial charge is 0.274 e. The van der Waals surface area contributed by atoms with E-state index >= 15 is 0 Å². The Bertz CT molecular complexity index is 811. The van der Waals surface area contributed by atoms with Crippen LogP contribution >= 0.6 is 0 Å². The van der Waals surface area contributed by atoms with Gasteiger partial charge in [-0.3, -0.25) is 9.59 Å². The number of nitrogens with two attached hydrogens (primary N) is 1. The zero-order chi connectivity index (χ0) is 17.9. The van der Waals surface area contributed by atoms with Gasteiger partial charge in [0, 0.05) is 19.4 Å². The van der Waals surface area contributed by atoms with Gasteiger partial charge in [-0.25, -0.2) is 4.39 Å². The molecule has 7 heteroatoms. The van der Waals surface area contributed by atoms with E-state index in [-0.39, 0.29) is 29.5 Å². The molecule has 1 saturated heterocycles. The van der Waals surface area contributed by atoms with Crippen molar-refractivity contribution in [1.29, 1.82) is 0 Å². The second kappa shape index (κ2) is 7.16. The number of amides is 1. The van der Waals surface area contributed by atoms with Crippen LogP contribution in [-0.4, -0.2) is 29.2 Å². The summed E-state index contributed by atoms with van der Waals surface area (Å²) >= 11 is 0. The second-order valence-electron chi connectivity index (χ2n) is 6.20. The lowest BCUT2D eigenvalue weighted by atomic mass is 9.90. The van der Waals surface area contributed by atoms with Crippen molar-refractivity contribution >= 4 is 11.6 Å². The monoisotopic (exact) mass is 345 g/mol. The highest BCUT2D eigenvalue weighted by molar-refractivity contribution is 5.97. The summed E-state index contributed by atoms with van der Waals surface area (Å²) in [6.45, 7) is 1.13. The first-order chi connectivity index (χ1) is 12.0. The Hall–Kier alpha value is -2.51. The number of nitrogens with zero attached hydrogens (tertiary/aromatic N) is 1. The van der Waals surface area contributed by atoms with Crippen molar-refractivity contribution in [2.75, 3.05) is 18.5 Å². The number of pyridine rings is 1. The van der Waals surface area contributed by atoms with Crippen LogP contribution in [0.1, 0.15) is 18.4 Å². The molecule has 0 atom stereocenters. The molecule has 0 bridgehead atoms. The van der Waals surface area contributed by atoms with E-state index in [1.165, 1.54) is 16.7 Å². The molecule has 0 radical (unpaired) electrons. The molecule has 3 rings (SSSR count). The lowest BCUT2D eigenvalue weighted by molar-refractivity contribution is -0.124. The molecule has 1 aromatic carbocycles. The first kappa shape index (κ1) is 17.3. The standard InChI is InChI=1S/C18H20FN3O3/c19-14-5-3-13(4-6-14)12-22-9-1-2-15(16(22)23)21-17(24)18(20)7-10-25-11-8-18/h1-6,9H,7-8,10-12,20H2,(H,21,24). The zero-order valence-corrected chi connectivity index (χ0v) is 13.7. The second-order valence-corrected chi connectivity index (χ2v) is 6.20. The van der Waals surface area contributed by atoms with E-state index in [0.29, 0.717) is 26.1 Å². The Morgan fingerprint density at radius 3 is 2.60 bits per heavy atom. The van der Waals surface area contributed by atoms with Crippen LogP contribution in [0.5, 0.6) is 0 Å². The Morgan fingerprint density at radius 2 is 1.92 bits per heavy atom. The summed E-state index contributed by atoms with van der Waals surface area (Å²) in [5, 5.41) is 2.64. The number of carbonyl (C=O) groups excluding carboxylic acids is 1. The number of hydrogen-bond donors (Lipinski definition) is 2. The third kappa shape index (κ3) is 3.94. The minimum atomic E-state index is -1.03. The van der Waals surface area contributed by atoms with Crippen LogP contribution in [0.4, 0.5) is 10.1 Å². The minimum Gasteiger partial charge on any atom is -0.381 e. The molecule has 1 amide bonds. The maximum atomic E-state index is 13.0. The van der Waals surface area contributed by atoms with Crippen LogP contribution in [0.25, 0.3) is 0 Å². The molecule has 0 aliphatic carbocycles. The average Bonchev–Trinajstić information content (AvgIpc) is 2.61. The highest BCUT2D eigenvalue weighted by Crippen LogP contribution is 2.19. The molecule has 2 heterocycles. The van der Waals surface area contributed by atoms with Crippen LogP contribution in [-0.2, 0) is 16.1 Å². The number of carbonyl (C=O) groups is 1. The molecule has 1 aromatic heterocycles. The summed E-state index contributed by atoms with van der Waals surface area (Å²) in [6.07, 6.45) is 2.44. The molecule has 0 saturated carbocycles. The Balaban J connectivity index is 1.77. The topological polar surface area (TPSA) is 86.4 Å². The van der Waals surface area contributed by atoms with Gasteiger partial charge in [0.1, 0.15) is 17.0 Å². The predicted molar refractivity (Wildman–Crippen MR) is 91.8 cm³/mol. The van der Waals surface area contributed by atoms with Gasteiger partial charge in [0.25, 0.3) is 5.56 Å². The van der Waals surface area contributed by atoms with Crippen LogP contribution in [0.3, 0.4) is 0 Å². The van der Waals surface area contributed by atoms with Gasteiger partial charge >= 0.3 is 0 Å². The van der Waals surface area contributed by atoms with E-state index in [0.717, 1.165) is 5.56 Å². The minimum absolute atomic E-state index is 0.172. The highest BCUT2D eigenvalue weighted by Gasteiger charge is 2.36. The number of ether oxygens (including phenoxy) is 1. The van der Waals surface area contributed by atoms with Gasteiger partial charge in [-0.1, -0.05) is 12.1 Å². The number of benzene rings is 1. The van der Waals surface area contributed by atoms with Gasteiger partial charge in [0.15, 0.2) is 0 Å². The summed E-state index contributed by atoms with van der Waals surface area (Å²) in [5.74, 6) is -0.714. The van der Waals surface area contributed by atoms with Crippen LogP contribution in [0.2, 0.25) is 0 Å². The van der Waals surface area contributed by atoms with E-state index in [9.17, 15) is 14.0 Å². The Kier molecular flexibility index (Phi) is 4.96. The molecule has 6 nitrogen and oxygen atoms in total. The van der Waals surface area contributed by atoms with Gasteiger partial charge in [-0.05, 0) is 42.7 Å². The van der Waals surface area contributed by atoms with Crippen LogP contribution in [0.15, 0.2) is 47.4 Å². The maximum absolute atomic E-state index is 13.0. The van der Waals surface area contributed by atoms with Gasteiger partial charge in [0.05, 0.1) is 6.54 Å². The molecule has 0 unspecified atom stereocenters. The fourth-order valence-electron chi connectivity index (χ4n) is 2.75. The number of halogens is 1. The SMILES string of the molecule is NC1(C(=O)Nc2cccn(Cc3ccc(F)cc3)c2=O)CCOCC1. The number of nitrogens with one attached hydrogen (secondary N) is 1. The van der Waals surface area contributed by atoms with Crippen molar-refractivity contribution in [3.05, 3.63) is 64.3 Å². The van der Waals surface area contributed by atoms with Gasteiger partial charge < -0.3 is 20.4 Å². The first-order valence-electron chi connectivity index (χ1n) is 8.10. The molecule has 3 N–H and O–H groups in total. The van der Waals surface area contributed by atoms with Gasteiger partial charge in [0.2, 0.25) is 5.91 Å². The van der Waals surface area contributed by atoms with Crippen molar-refractivity contribution in [3.8, 4) is 0 Å². The molecule has 25 heavy (non-hydrogen) atoms. The maximum Gasteiger partial charge on any atom is 0.274 e. The third-order valence-corrected chi connectivity index (χ3v) is 4.37. The Morgan fingerprint density at radius 1 is 1.24 bits per heavy atom. The molecule has 2 aromatic rings. The fraction of sp³-hybridized carbons (Fsp3) is 0.333. The van der Waals surface area contributed by atoms with Crippen LogP contribution < -0.4 is 16.6 Å². The summed E-state index contributed by atoms with van der Waals surface area (Å²) < 4.78 is 19.7. The van der Waals surface area contributed by atoms with E-state index in [4.69, 9.17) is 10.5 Å². The molecular weight excluding hydrogens is 325 g/mol. The van der Waals surface area contributed by atoms with Gasteiger partial charge in [-0.2, -0.15) is 0 Å². The van der Waals surface area contributed by atoms with Crippen molar-refractivity contribution in [2.45, 2.75) is 24.9 Å². The van der Waals surface area contributed by atoms with Crippen molar-refractivity contribution in [1.82, 2.24) is 4.57 Å². The summed E-state index contributed by atoms with van der Waals surface area (Å²) in [7, 11) is 0. The molecule has 1 aliphatic rings. The number of hydrogen-bond acceptors (Lipinski definition) is 4. The predicted octanol–water partition coefficient (Wildman–Crippen LogP) is 1.48. The van der Waals surface area contributed by atoms with E-state index in [1.54, 1.807) is 30.5 Å². The van der Waals surface area contributed by atoms with E-state index in [1.807, 2.05) is 0 Å². The largest absolute Gasteiger partial charge is 0.381 e. The lowest BCUT2D eigenvalue weighted by Crippen LogP contribution is -2.55. The van der Waals surface area contributed by atoms with Crippen molar-refractivity contribution in [3.63, 3.8) is 0 Å². The van der Waals surface area contributed by atoms with E-state index in [2.05, 4.69) is 5.32 Å². The molecule has 132 valence electrons. The molecular formula is C18H20FN3O3. The van der Waals surface area contributed by atoms with Crippen molar-refractivity contribution < 1.29 is 13.9 Å². The zero-order valence-electron chi connectivity index (χ0n) is 13.7. The van der Waals surface area contributed by atoms with Crippen molar-refractivity contribution in [2.24, 2.45) is 5.73 Å². The normalized spacial score (nSPS) is 16.4. The Labute approximate surface area is 144 Å². The number of rotatable bonds is 4. The highest BCUT2D eigenvalue weighted by atomic mass is 19.1. The number of aromatic nitrogens is 1. The average molecular weight is 345 g/mol. The van der Waals surface area contributed by atoms with Crippen LogP contribution in [0, 0.1) is 5.82 Å². The molecule has 1 aliphatic heterocycles. The molecule has 1 fully saturated rings. The van der Waals surface area contributed by atoms with Gasteiger partial charge in [-0.15, -0.1) is 0 Å². The fourth-order valence-corrected chi connectivity index (χ4v) is 2.75. The lowest BCUT2D eigenvalue weighted by Gasteiger charge is -2.31. The summed E-state index contributed by atoms with van der Waals surface area (Å²) in [4.78, 5) is 25.0. The first-order valence-corrected chi connectivity index (χ1v) is 8.10. The number of anilines is 1.